The molecule has 0 aliphatic carbocycles. The predicted molar refractivity (Wildman–Crippen MR) is 133 cm³/mol. The average Bonchev–Trinajstić information content (AvgIpc) is 3.15. The Kier molecular flexibility index (Phi) is 7.50. The van der Waals surface area contributed by atoms with Crippen LogP contribution >= 0.6 is 11.6 Å². The number of nitrogens with zero attached hydrogens (tertiary/aromatic N) is 2. The standard InChI is InChI=1S/C27H27ClN2O4/c1-2-3-8-24-29-26(28)23(16-31)30(24)15-18-9-13-21(14-10-18)34-17-20-12-11-19-6-4-5-7-22(19)25(20)27(32)33/h4-7,9-14,31H,2-3,8,15-17H2,1H3,(H,32,33). The van der Waals surface area contributed by atoms with E-state index in [9.17, 15) is 15.0 Å². The lowest BCUT2D eigenvalue weighted by atomic mass is 9.99. The fraction of sp³-hybridized carbons (Fsp3) is 0.259. The van der Waals surface area contributed by atoms with Gasteiger partial charge in [0.15, 0.2) is 5.15 Å². The maximum atomic E-state index is 11.9. The highest BCUT2D eigenvalue weighted by molar-refractivity contribution is 6.30. The fourth-order valence-electron chi connectivity index (χ4n) is 4.09. The number of hydrogen-bond acceptors (Lipinski definition) is 4. The molecule has 0 aliphatic rings. The van der Waals surface area contributed by atoms with Crippen LogP contribution in [-0.4, -0.2) is 25.7 Å². The van der Waals surface area contributed by atoms with Crippen LogP contribution in [0.1, 0.15) is 52.8 Å². The van der Waals surface area contributed by atoms with Gasteiger partial charge < -0.3 is 19.5 Å². The summed E-state index contributed by atoms with van der Waals surface area (Å²) in [6.07, 6.45) is 2.85. The van der Waals surface area contributed by atoms with Crippen molar-refractivity contribution in [3.63, 3.8) is 0 Å². The normalized spacial score (nSPS) is 11.1. The Morgan fingerprint density at radius 3 is 2.56 bits per heavy atom. The molecule has 1 aromatic heterocycles. The molecule has 7 heteroatoms. The molecule has 1 heterocycles. The second-order valence-corrected chi connectivity index (χ2v) is 8.53. The molecule has 6 nitrogen and oxygen atoms in total. The van der Waals surface area contributed by atoms with Crippen LogP contribution in [0.15, 0.2) is 60.7 Å². The van der Waals surface area contributed by atoms with E-state index < -0.39 is 5.97 Å². The Morgan fingerprint density at radius 2 is 1.85 bits per heavy atom. The molecule has 0 atom stereocenters. The number of fused-ring (bicyclic) bond motifs is 1. The van der Waals surface area contributed by atoms with Gasteiger partial charge in [0.25, 0.3) is 0 Å². The van der Waals surface area contributed by atoms with Crippen molar-refractivity contribution in [1.29, 1.82) is 0 Å². The molecule has 3 aromatic carbocycles. The van der Waals surface area contributed by atoms with Crippen LogP contribution in [-0.2, 0) is 26.2 Å². The maximum Gasteiger partial charge on any atom is 0.336 e. The van der Waals surface area contributed by atoms with Gasteiger partial charge in [0.2, 0.25) is 0 Å². The van der Waals surface area contributed by atoms with Crippen LogP contribution in [0, 0.1) is 0 Å². The molecule has 0 radical (unpaired) electrons. The highest BCUT2D eigenvalue weighted by Crippen LogP contribution is 2.25. The van der Waals surface area contributed by atoms with Gasteiger partial charge in [-0.15, -0.1) is 0 Å². The molecule has 0 bridgehead atoms. The van der Waals surface area contributed by atoms with Crippen molar-refractivity contribution in [3.8, 4) is 5.75 Å². The van der Waals surface area contributed by atoms with Crippen LogP contribution in [0.5, 0.6) is 5.75 Å². The summed E-state index contributed by atoms with van der Waals surface area (Å²) in [5.74, 6) is 0.544. The number of benzene rings is 3. The predicted octanol–water partition coefficient (Wildman–Crippen LogP) is 5.85. The molecular weight excluding hydrogens is 452 g/mol. The van der Waals surface area contributed by atoms with Crippen LogP contribution in [0.25, 0.3) is 10.8 Å². The lowest BCUT2D eigenvalue weighted by Crippen LogP contribution is -2.09. The zero-order valence-electron chi connectivity index (χ0n) is 19.0. The minimum absolute atomic E-state index is 0.152. The number of hydrogen-bond donors (Lipinski definition) is 2. The quantitative estimate of drug-likeness (QED) is 0.298. The molecule has 176 valence electrons. The van der Waals surface area contributed by atoms with Crippen molar-refractivity contribution in [2.75, 3.05) is 0 Å². The van der Waals surface area contributed by atoms with E-state index in [1.54, 1.807) is 6.07 Å². The van der Waals surface area contributed by atoms with E-state index in [0.29, 0.717) is 34.1 Å². The summed E-state index contributed by atoms with van der Waals surface area (Å²) in [6, 6.07) is 18.8. The number of carboxylic acid groups (broad SMARTS) is 1. The zero-order valence-corrected chi connectivity index (χ0v) is 19.8. The molecule has 4 aromatic rings. The Hall–Kier alpha value is -3.35. The zero-order chi connectivity index (χ0) is 24.1. The second kappa shape index (κ2) is 10.7. The third-order valence-corrected chi connectivity index (χ3v) is 6.20. The first-order valence-electron chi connectivity index (χ1n) is 11.3. The Balaban J connectivity index is 1.50. The first kappa shape index (κ1) is 23.8. The van der Waals surface area contributed by atoms with Crippen LogP contribution in [0.2, 0.25) is 5.15 Å². The van der Waals surface area contributed by atoms with Gasteiger partial charge in [0, 0.05) is 18.5 Å². The number of aryl methyl sites for hydroxylation is 1. The summed E-state index contributed by atoms with van der Waals surface area (Å²) in [4.78, 5) is 16.4. The summed E-state index contributed by atoms with van der Waals surface area (Å²) in [5.41, 5.74) is 2.52. The molecule has 0 saturated heterocycles. The van der Waals surface area contributed by atoms with Gasteiger partial charge in [-0.1, -0.05) is 73.5 Å². The van der Waals surface area contributed by atoms with Crippen molar-refractivity contribution in [1.82, 2.24) is 9.55 Å². The topological polar surface area (TPSA) is 84.6 Å². The maximum absolute atomic E-state index is 11.9. The van der Waals surface area contributed by atoms with E-state index in [2.05, 4.69) is 11.9 Å². The molecule has 0 spiro atoms. The number of aromatic nitrogens is 2. The minimum Gasteiger partial charge on any atom is -0.489 e. The second-order valence-electron chi connectivity index (χ2n) is 8.17. The first-order valence-corrected chi connectivity index (χ1v) is 11.7. The number of carboxylic acids is 1. The van der Waals surface area contributed by atoms with Gasteiger partial charge in [-0.3, -0.25) is 0 Å². The third kappa shape index (κ3) is 5.08. The summed E-state index contributed by atoms with van der Waals surface area (Å²) < 4.78 is 7.89. The lowest BCUT2D eigenvalue weighted by Gasteiger charge is -2.13. The number of rotatable bonds is 10. The van der Waals surface area contributed by atoms with Gasteiger partial charge in [-0.05, 0) is 34.9 Å². The highest BCUT2D eigenvalue weighted by Gasteiger charge is 2.16. The molecule has 0 aliphatic heterocycles. The number of ether oxygens (including phenoxy) is 1. The summed E-state index contributed by atoms with van der Waals surface area (Å²) in [5, 5.41) is 21.5. The molecule has 0 amide bonds. The molecule has 0 saturated carbocycles. The number of aliphatic hydroxyl groups excluding tert-OH is 1. The lowest BCUT2D eigenvalue weighted by molar-refractivity contribution is 0.0696. The first-order chi connectivity index (χ1) is 16.5. The summed E-state index contributed by atoms with van der Waals surface area (Å²) >= 11 is 6.24. The summed E-state index contributed by atoms with van der Waals surface area (Å²) in [7, 11) is 0. The minimum atomic E-state index is -0.969. The smallest absolute Gasteiger partial charge is 0.336 e. The van der Waals surface area contributed by atoms with Crippen molar-refractivity contribution >= 4 is 28.3 Å². The van der Waals surface area contributed by atoms with E-state index in [1.807, 2.05) is 59.2 Å². The van der Waals surface area contributed by atoms with Gasteiger partial charge in [0.05, 0.1) is 17.9 Å². The summed E-state index contributed by atoms with van der Waals surface area (Å²) in [6.45, 7) is 2.65. The largest absolute Gasteiger partial charge is 0.489 e. The van der Waals surface area contributed by atoms with Crippen molar-refractivity contribution in [3.05, 3.63) is 94.0 Å². The molecule has 2 N–H and O–H groups in total. The van der Waals surface area contributed by atoms with Crippen LogP contribution < -0.4 is 4.74 Å². The van der Waals surface area contributed by atoms with Gasteiger partial charge >= 0.3 is 5.97 Å². The van der Waals surface area contributed by atoms with Crippen molar-refractivity contribution in [2.45, 2.75) is 45.9 Å². The van der Waals surface area contributed by atoms with Crippen LogP contribution in [0.4, 0.5) is 0 Å². The van der Waals surface area contributed by atoms with E-state index in [1.165, 1.54) is 0 Å². The third-order valence-electron chi connectivity index (χ3n) is 5.89. The number of unbranched alkanes of at least 4 members (excludes halogenated alkanes) is 1. The Bertz CT molecular complexity index is 1300. The van der Waals surface area contributed by atoms with Gasteiger partial charge in [0.1, 0.15) is 18.2 Å². The molecule has 0 fully saturated rings. The monoisotopic (exact) mass is 478 g/mol. The van der Waals surface area contributed by atoms with Crippen molar-refractivity contribution in [2.24, 2.45) is 0 Å². The number of aliphatic hydroxyl groups is 1. The molecule has 34 heavy (non-hydrogen) atoms. The Labute approximate surface area is 203 Å². The number of imidazole rings is 1. The van der Waals surface area contributed by atoms with E-state index in [0.717, 1.165) is 36.0 Å². The van der Waals surface area contributed by atoms with E-state index >= 15 is 0 Å². The van der Waals surface area contributed by atoms with E-state index in [4.69, 9.17) is 16.3 Å². The van der Waals surface area contributed by atoms with E-state index in [-0.39, 0.29) is 18.8 Å². The average molecular weight is 479 g/mol. The SMILES string of the molecule is CCCCc1nc(Cl)c(CO)n1Cc1ccc(OCc2ccc3ccccc3c2C(=O)O)cc1. The molecule has 4 rings (SSSR count). The Morgan fingerprint density at radius 1 is 1.09 bits per heavy atom. The molecule has 0 unspecified atom stereocenters. The van der Waals surface area contributed by atoms with Gasteiger partial charge in [-0.25, -0.2) is 9.78 Å². The fourth-order valence-corrected chi connectivity index (χ4v) is 4.35. The van der Waals surface area contributed by atoms with Crippen LogP contribution in [0.3, 0.4) is 0 Å². The highest BCUT2D eigenvalue weighted by atomic mass is 35.5. The number of carbonyl (C=O) groups is 1. The van der Waals surface area contributed by atoms with Gasteiger partial charge in [-0.2, -0.15) is 0 Å². The number of halogens is 1. The number of aromatic carboxylic acids is 1. The van der Waals surface area contributed by atoms with Crippen molar-refractivity contribution < 1.29 is 19.7 Å². The molecular formula is C27H27ClN2O4.